The highest BCUT2D eigenvalue weighted by molar-refractivity contribution is 7.85. The van der Waals surface area contributed by atoms with Crippen LogP contribution in [0.1, 0.15) is 0 Å². The third-order valence-electron chi connectivity index (χ3n) is 4.21. The minimum Gasteiger partial charge on any atom is -0.309 e. The number of hydrogen-bond donors (Lipinski definition) is 0. The summed E-state index contributed by atoms with van der Waals surface area (Å²) in [5.41, 5.74) is 0.837. The van der Waals surface area contributed by atoms with Gasteiger partial charge in [0, 0.05) is 28.3 Å². The van der Waals surface area contributed by atoms with E-state index in [4.69, 9.17) is 0 Å². The lowest BCUT2D eigenvalue weighted by atomic mass is 10.3. The second-order valence-corrected chi connectivity index (χ2v) is 8.45. The normalized spacial score (nSPS) is 11.4. The molecule has 0 aliphatic heterocycles. The first-order valence-electron chi connectivity index (χ1n) is 8.11. The lowest BCUT2D eigenvalue weighted by Crippen LogP contribution is -2.27. The Morgan fingerprint density at radius 3 is 1.80 bits per heavy atom. The van der Waals surface area contributed by atoms with Gasteiger partial charge in [-0.1, -0.05) is 72.8 Å². The lowest BCUT2D eigenvalue weighted by molar-refractivity contribution is 0.592. The minimum absolute atomic E-state index is 0.788. The molecule has 0 atom stereocenters. The zero-order valence-corrected chi connectivity index (χ0v) is 14.5. The molecular weight excluding hydrogens is 327 g/mol. The van der Waals surface area contributed by atoms with Crippen LogP contribution in [-0.4, -0.2) is 9.78 Å². The molecule has 4 heteroatoms. The molecule has 25 heavy (non-hydrogen) atoms. The predicted molar refractivity (Wildman–Crippen MR) is 103 cm³/mol. The fourth-order valence-corrected chi connectivity index (χ4v) is 5.87. The van der Waals surface area contributed by atoms with Gasteiger partial charge in [-0.25, -0.2) is 4.68 Å². The molecular formula is C21H17N2OP. The van der Waals surface area contributed by atoms with Crippen molar-refractivity contribution in [1.82, 2.24) is 9.78 Å². The summed E-state index contributed by atoms with van der Waals surface area (Å²) >= 11 is 0. The summed E-state index contributed by atoms with van der Waals surface area (Å²) in [6, 6.07) is 29.0. The van der Waals surface area contributed by atoms with Crippen molar-refractivity contribution < 1.29 is 4.57 Å². The highest BCUT2D eigenvalue weighted by atomic mass is 31.2. The Kier molecular flexibility index (Phi) is 4.09. The zero-order valence-electron chi connectivity index (χ0n) is 13.6. The average Bonchev–Trinajstić information content (AvgIpc) is 3.23. The molecule has 1 aromatic heterocycles. The van der Waals surface area contributed by atoms with Crippen molar-refractivity contribution in [3.63, 3.8) is 0 Å². The van der Waals surface area contributed by atoms with E-state index < -0.39 is 7.14 Å². The van der Waals surface area contributed by atoms with Gasteiger partial charge >= 0.3 is 0 Å². The molecule has 0 aliphatic rings. The van der Waals surface area contributed by atoms with Gasteiger partial charge in [0.2, 0.25) is 0 Å². The molecule has 4 rings (SSSR count). The first kappa shape index (κ1) is 15.6. The fraction of sp³-hybridized carbons (Fsp3) is 0. The summed E-state index contributed by atoms with van der Waals surface area (Å²) in [5.74, 6) is 0. The van der Waals surface area contributed by atoms with Gasteiger partial charge in [0.25, 0.3) is 0 Å². The van der Waals surface area contributed by atoms with Gasteiger partial charge in [0.05, 0.1) is 5.69 Å². The van der Waals surface area contributed by atoms with Gasteiger partial charge < -0.3 is 4.57 Å². The third-order valence-corrected chi connectivity index (χ3v) is 7.32. The zero-order chi connectivity index (χ0) is 17.1. The molecule has 3 aromatic carbocycles. The Bertz CT molecular complexity index is 969. The van der Waals surface area contributed by atoms with Crippen molar-refractivity contribution in [2.45, 2.75) is 0 Å². The van der Waals surface area contributed by atoms with E-state index in [0.717, 1.165) is 21.6 Å². The Labute approximate surface area is 146 Å². The molecule has 0 bridgehead atoms. The van der Waals surface area contributed by atoms with Gasteiger partial charge in [-0.3, -0.25) is 0 Å². The van der Waals surface area contributed by atoms with E-state index in [0.29, 0.717) is 0 Å². The van der Waals surface area contributed by atoms with Crippen LogP contribution < -0.4 is 15.9 Å². The topological polar surface area (TPSA) is 34.9 Å². The first-order chi connectivity index (χ1) is 12.3. The molecule has 0 amide bonds. The smallest absolute Gasteiger partial charge is 0.173 e. The Hall–Kier alpha value is -2.90. The van der Waals surface area contributed by atoms with E-state index in [2.05, 4.69) is 5.10 Å². The summed E-state index contributed by atoms with van der Waals surface area (Å²) < 4.78 is 16.3. The monoisotopic (exact) mass is 344 g/mol. The van der Waals surface area contributed by atoms with Gasteiger partial charge in [-0.15, -0.1) is 0 Å². The summed E-state index contributed by atoms with van der Waals surface area (Å²) in [6.07, 6.45) is 3.60. The standard InChI is InChI=1S/C21H17N2OP/c24-25(18-10-3-1-4-11-18,19-12-5-2-6-13-19)21-15-8-7-14-20(21)23-17-9-16-22-23/h1-17H. The van der Waals surface area contributed by atoms with Crippen LogP contribution in [0.15, 0.2) is 103 Å². The van der Waals surface area contributed by atoms with Crippen molar-refractivity contribution in [3.8, 4) is 5.69 Å². The van der Waals surface area contributed by atoms with Crippen LogP contribution in [0, 0.1) is 0 Å². The van der Waals surface area contributed by atoms with E-state index in [9.17, 15) is 4.57 Å². The molecule has 0 unspecified atom stereocenters. The molecule has 0 aliphatic carbocycles. The number of aromatic nitrogens is 2. The van der Waals surface area contributed by atoms with Crippen LogP contribution in [0.3, 0.4) is 0 Å². The highest BCUT2D eigenvalue weighted by Crippen LogP contribution is 2.43. The van der Waals surface area contributed by atoms with Crippen molar-refractivity contribution in [1.29, 1.82) is 0 Å². The molecule has 0 fully saturated rings. The molecule has 1 heterocycles. The van der Waals surface area contributed by atoms with Gasteiger partial charge in [0.15, 0.2) is 7.14 Å². The number of para-hydroxylation sites is 1. The molecule has 0 radical (unpaired) electrons. The van der Waals surface area contributed by atoms with Gasteiger partial charge in [-0.05, 0) is 18.2 Å². The fourth-order valence-electron chi connectivity index (χ4n) is 3.04. The molecule has 0 N–H and O–H groups in total. The molecule has 0 spiro atoms. The summed E-state index contributed by atoms with van der Waals surface area (Å²) in [6.45, 7) is 0. The Morgan fingerprint density at radius 1 is 0.680 bits per heavy atom. The Balaban J connectivity index is 2.03. The maximum atomic E-state index is 14.5. The third kappa shape index (κ3) is 2.73. The van der Waals surface area contributed by atoms with E-state index in [-0.39, 0.29) is 0 Å². The van der Waals surface area contributed by atoms with Crippen LogP contribution in [0.25, 0.3) is 5.69 Å². The lowest BCUT2D eigenvalue weighted by Gasteiger charge is -2.22. The summed E-state index contributed by atoms with van der Waals surface area (Å²) in [5, 5.41) is 6.77. The number of hydrogen-bond acceptors (Lipinski definition) is 2. The quantitative estimate of drug-likeness (QED) is 0.531. The predicted octanol–water partition coefficient (Wildman–Crippen LogP) is 3.51. The van der Waals surface area contributed by atoms with E-state index in [1.165, 1.54) is 0 Å². The molecule has 122 valence electrons. The second kappa shape index (κ2) is 6.54. The van der Waals surface area contributed by atoms with Crippen LogP contribution >= 0.6 is 7.14 Å². The van der Waals surface area contributed by atoms with Gasteiger partial charge in [0.1, 0.15) is 0 Å². The second-order valence-electron chi connectivity index (χ2n) is 5.72. The Morgan fingerprint density at radius 2 is 1.24 bits per heavy atom. The highest BCUT2D eigenvalue weighted by Gasteiger charge is 2.32. The number of nitrogens with zero attached hydrogens (tertiary/aromatic N) is 2. The number of benzene rings is 3. The summed E-state index contributed by atoms with van der Waals surface area (Å²) in [4.78, 5) is 0. The molecule has 0 saturated heterocycles. The molecule has 0 saturated carbocycles. The van der Waals surface area contributed by atoms with Crippen LogP contribution in [0.4, 0.5) is 0 Å². The van der Waals surface area contributed by atoms with Crippen LogP contribution in [0.5, 0.6) is 0 Å². The van der Waals surface area contributed by atoms with Crippen molar-refractivity contribution in [3.05, 3.63) is 103 Å². The van der Waals surface area contributed by atoms with E-state index in [1.807, 2.05) is 97.2 Å². The number of rotatable bonds is 4. The van der Waals surface area contributed by atoms with Crippen molar-refractivity contribution >= 4 is 23.1 Å². The largest absolute Gasteiger partial charge is 0.309 e. The maximum absolute atomic E-state index is 14.5. The van der Waals surface area contributed by atoms with Crippen LogP contribution in [0.2, 0.25) is 0 Å². The average molecular weight is 344 g/mol. The first-order valence-corrected chi connectivity index (χ1v) is 9.82. The van der Waals surface area contributed by atoms with Crippen LogP contribution in [-0.2, 0) is 4.57 Å². The summed E-state index contributed by atoms with van der Waals surface area (Å²) in [7, 11) is -3.02. The SMILES string of the molecule is O=P(c1ccccc1)(c1ccccc1)c1ccccc1-n1cccn1. The van der Waals surface area contributed by atoms with Crippen molar-refractivity contribution in [2.24, 2.45) is 0 Å². The molecule has 3 nitrogen and oxygen atoms in total. The van der Waals surface area contributed by atoms with Crippen molar-refractivity contribution in [2.75, 3.05) is 0 Å². The molecule has 4 aromatic rings. The maximum Gasteiger partial charge on any atom is 0.173 e. The van der Waals surface area contributed by atoms with E-state index in [1.54, 1.807) is 10.9 Å². The van der Waals surface area contributed by atoms with E-state index >= 15 is 0 Å². The minimum atomic E-state index is -3.02. The van der Waals surface area contributed by atoms with Gasteiger partial charge in [-0.2, -0.15) is 5.10 Å².